The molecule has 0 aliphatic carbocycles. The van der Waals surface area contributed by atoms with Crippen LogP contribution >= 0.6 is 0 Å². The van der Waals surface area contributed by atoms with E-state index in [-0.39, 0.29) is 163 Å². The third-order valence-electron chi connectivity index (χ3n) is 0. The van der Waals surface area contributed by atoms with E-state index < -0.39 is 0 Å². The summed E-state index contributed by atoms with van der Waals surface area (Å²) in [5.74, 6) is 0. The fourth-order valence-corrected chi connectivity index (χ4v) is 0. The van der Waals surface area contributed by atoms with Crippen LogP contribution in [0.5, 0.6) is 0 Å². The Bertz CT molecular complexity index is 14.5. The minimum atomic E-state index is 0. The van der Waals surface area contributed by atoms with Gasteiger partial charge in [0.2, 0.25) is 0 Å². The number of rotatable bonds is 0. The van der Waals surface area contributed by atoms with Crippen molar-refractivity contribution in [3.63, 3.8) is 0 Å². The molecule has 0 atom stereocenters. The number of halogens is 9. The van der Waals surface area contributed by atoms with Crippen molar-refractivity contribution in [3.8, 4) is 0 Å². The van der Waals surface area contributed by atoms with Crippen molar-refractivity contribution in [2.45, 2.75) is 0 Å². The molecule has 0 saturated carbocycles. The Morgan fingerprint density at radius 1 is 0.333 bits per heavy atom. The Kier molecular flexibility index (Phi) is 5320. The van der Waals surface area contributed by atoms with Gasteiger partial charge in [-0.15, -0.1) is 0 Å². The molecule has 0 aliphatic heterocycles. The van der Waals surface area contributed by atoms with Gasteiger partial charge in [-0.3, -0.25) is 0 Å². The molecule has 2 radical (unpaired) electrons. The van der Waals surface area contributed by atoms with Crippen LogP contribution in [0.25, 0.3) is 0 Å². The summed E-state index contributed by atoms with van der Waals surface area (Å²) in [5.41, 5.74) is 0. The third-order valence-corrected chi connectivity index (χ3v) is 0. The van der Waals surface area contributed by atoms with E-state index in [0.717, 1.165) is 0 Å². The summed E-state index contributed by atoms with van der Waals surface area (Å²) in [4.78, 5) is 0. The van der Waals surface area contributed by atoms with Gasteiger partial charge in [-0.2, -0.15) is 0 Å². The monoisotopic (exact) mass is 618 g/mol. The van der Waals surface area contributed by atoms with E-state index in [1.54, 1.807) is 0 Å². The average Bonchev–Trinajstić information content (AvgIpc) is 0. The van der Waals surface area contributed by atoms with Gasteiger partial charge in [0.05, 0.1) is 0 Å². The minimum absolute atomic E-state index is 0. The molecule has 0 N–H and O–H groups in total. The molecule has 0 aromatic carbocycles. The molecule has 82 valence electrons. The van der Waals surface area contributed by atoms with Gasteiger partial charge in [0.15, 0.2) is 0 Å². The first-order valence-corrected chi connectivity index (χ1v) is 0. The molecule has 0 aromatic heterocycles. The Morgan fingerprint density at radius 3 is 0.333 bits per heavy atom. The zero-order valence-electron chi connectivity index (χ0n) is 4.77. The van der Waals surface area contributed by atoms with Crippen molar-refractivity contribution in [2.24, 2.45) is 0 Å². The van der Waals surface area contributed by atoms with Crippen molar-refractivity contribution < 1.29 is 163 Å². The first-order valence-electron chi connectivity index (χ1n) is 0. The molecule has 0 spiro atoms. The maximum absolute atomic E-state index is 0. The number of hydrogen-bond acceptors (Lipinski definition) is 0. The summed E-state index contributed by atoms with van der Waals surface area (Å²) >= 11 is 0. The molecule has 0 heterocycles. The second kappa shape index (κ2) is 227. The SMILES string of the molecule is [Ce+3].[Er+3].[F-].[F-].[F-].[F-].[F-].[F-].[F-].[F-].[F-].[Pr+3]. The predicted molar refractivity (Wildman–Crippen MR) is 0 cm³/mol. The fraction of sp³-hybridized carbons (Fsp3) is 0. The zero-order valence-corrected chi connectivity index (χ0v) is 13.5. The van der Waals surface area contributed by atoms with Crippen LogP contribution in [0.2, 0.25) is 0 Å². The molecular weight excluding hydrogens is 619 g/mol. The second-order valence-electron chi connectivity index (χ2n) is 0. The van der Waals surface area contributed by atoms with Crippen LogP contribution in [-0.4, -0.2) is 0 Å². The van der Waals surface area contributed by atoms with Gasteiger partial charge >= 0.3 is 120 Å². The molecule has 0 rings (SSSR count). The van der Waals surface area contributed by atoms with E-state index in [9.17, 15) is 0 Å². The summed E-state index contributed by atoms with van der Waals surface area (Å²) in [6.45, 7) is 0. The smallest absolute Gasteiger partial charge is 1.00 e. The summed E-state index contributed by atoms with van der Waals surface area (Å²) in [6.07, 6.45) is 0. The first kappa shape index (κ1) is 281. The Labute approximate surface area is 159 Å². The molecule has 0 bridgehead atoms. The molecule has 12 heteroatoms. The molecule has 12 heavy (non-hydrogen) atoms. The second-order valence-corrected chi connectivity index (χ2v) is 0. The van der Waals surface area contributed by atoms with Gasteiger partial charge in [-0.05, 0) is 0 Å². The summed E-state index contributed by atoms with van der Waals surface area (Å²) < 4.78 is 0. The summed E-state index contributed by atoms with van der Waals surface area (Å²) in [6, 6.07) is 0. The van der Waals surface area contributed by atoms with E-state index >= 15 is 0 Å². The molecule has 0 aromatic rings. The van der Waals surface area contributed by atoms with Crippen molar-refractivity contribution in [1.82, 2.24) is 0 Å². The zero-order chi connectivity index (χ0) is 0. The van der Waals surface area contributed by atoms with Crippen LogP contribution in [0.1, 0.15) is 0 Å². The van der Waals surface area contributed by atoms with E-state index in [0.29, 0.717) is 0 Å². The summed E-state index contributed by atoms with van der Waals surface area (Å²) in [7, 11) is 0. The van der Waals surface area contributed by atoms with E-state index in [4.69, 9.17) is 0 Å². The largest absolute Gasteiger partial charge is 3.00 e. The normalized spacial score (nSPS) is 0. The Morgan fingerprint density at radius 2 is 0.333 bits per heavy atom. The maximum atomic E-state index is 0. The van der Waals surface area contributed by atoms with Gasteiger partial charge < -0.3 is 42.3 Å². The maximum Gasteiger partial charge on any atom is 3.00 e. The van der Waals surface area contributed by atoms with Gasteiger partial charge in [-0.25, -0.2) is 0 Å². The van der Waals surface area contributed by atoms with Crippen molar-refractivity contribution in [2.75, 3.05) is 0 Å². The van der Waals surface area contributed by atoms with Crippen LogP contribution < -0.4 is 42.3 Å². The first-order chi connectivity index (χ1) is 0. The molecular formula is CeErF9Pr. The van der Waals surface area contributed by atoms with Gasteiger partial charge in [0.1, 0.15) is 0 Å². The third kappa shape index (κ3) is 181. The number of hydrogen-bond donors (Lipinski definition) is 0. The molecule has 0 nitrogen and oxygen atoms in total. The topological polar surface area (TPSA) is 0 Å². The Hall–Kier alpha value is 3.36. The van der Waals surface area contributed by atoms with Crippen LogP contribution in [-0.2, 0) is 0 Å². The van der Waals surface area contributed by atoms with E-state index in [2.05, 4.69) is 0 Å². The molecule has 0 unspecified atom stereocenters. The van der Waals surface area contributed by atoms with Crippen LogP contribution in [0.3, 0.4) is 0 Å². The fourth-order valence-electron chi connectivity index (χ4n) is 0. The van der Waals surface area contributed by atoms with Crippen molar-refractivity contribution in [1.29, 1.82) is 0 Å². The van der Waals surface area contributed by atoms with E-state index in [1.807, 2.05) is 0 Å². The molecule has 0 fully saturated rings. The van der Waals surface area contributed by atoms with Crippen molar-refractivity contribution >= 4 is 0 Å². The molecule has 0 saturated heterocycles. The van der Waals surface area contributed by atoms with Gasteiger partial charge in [0.25, 0.3) is 0 Å². The minimum Gasteiger partial charge on any atom is -1.00 e. The average molecular weight is 619 g/mol. The Balaban J connectivity index is 0. The van der Waals surface area contributed by atoms with Crippen LogP contribution in [0.15, 0.2) is 0 Å². The van der Waals surface area contributed by atoms with Crippen LogP contribution in [0.4, 0.5) is 0 Å². The quantitative estimate of drug-likeness (QED) is 0.237. The van der Waals surface area contributed by atoms with Crippen LogP contribution in [0, 0.1) is 120 Å². The predicted octanol–water partition coefficient (Wildman–Crippen LogP) is -27.0. The van der Waals surface area contributed by atoms with Gasteiger partial charge in [-0.1, -0.05) is 0 Å². The summed E-state index contributed by atoms with van der Waals surface area (Å²) in [5, 5.41) is 0. The van der Waals surface area contributed by atoms with Crippen molar-refractivity contribution in [3.05, 3.63) is 0 Å². The van der Waals surface area contributed by atoms with Gasteiger partial charge in [0, 0.05) is 0 Å². The molecule has 0 amide bonds. The van der Waals surface area contributed by atoms with E-state index in [1.165, 1.54) is 0 Å². The standard InChI is InChI=1S/Ce.Er.9FH.Pr/h;;9*1H;/q2*+3;;;;;;;;;;+3/p-9. The molecule has 0 aliphatic rings.